The van der Waals surface area contributed by atoms with Gasteiger partial charge in [-0.15, -0.1) is 0 Å². The van der Waals surface area contributed by atoms with Crippen LogP contribution < -0.4 is 10.6 Å². The SMILES string of the molecule is CCOC(=O)C1=C(C)NC(C)=C(C(=O)OCCCCCNc2c3c(nc4cc(Cl)ccc24)CCCC3)C1c1cccc([N+](=O)[O-])c1. The predicted molar refractivity (Wildman–Crippen MR) is 178 cm³/mol. The van der Waals surface area contributed by atoms with Crippen LogP contribution in [0.15, 0.2) is 65.0 Å². The number of hydrogen-bond donors (Lipinski definition) is 2. The fourth-order valence-electron chi connectivity index (χ4n) is 6.36. The Hall–Kier alpha value is -4.44. The lowest BCUT2D eigenvalue weighted by molar-refractivity contribution is -0.384. The van der Waals surface area contributed by atoms with Gasteiger partial charge >= 0.3 is 11.9 Å². The molecule has 5 rings (SSSR count). The number of esters is 2. The van der Waals surface area contributed by atoms with E-state index in [0.717, 1.165) is 67.4 Å². The van der Waals surface area contributed by atoms with Crippen molar-refractivity contribution < 1.29 is 24.0 Å². The number of hydrogen-bond acceptors (Lipinski definition) is 9. The first-order valence-electron chi connectivity index (χ1n) is 15.8. The van der Waals surface area contributed by atoms with Crippen molar-refractivity contribution in [2.24, 2.45) is 0 Å². The first-order chi connectivity index (χ1) is 22.2. The summed E-state index contributed by atoms with van der Waals surface area (Å²) >= 11 is 6.26. The summed E-state index contributed by atoms with van der Waals surface area (Å²) in [5, 5.41) is 20.1. The number of dihydropyridines is 1. The van der Waals surface area contributed by atoms with Crippen LogP contribution in [0.2, 0.25) is 5.02 Å². The third-order valence-corrected chi connectivity index (χ3v) is 8.71. The van der Waals surface area contributed by atoms with Gasteiger partial charge in [0.05, 0.1) is 40.7 Å². The molecule has 10 nitrogen and oxygen atoms in total. The van der Waals surface area contributed by atoms with Crippen molar-refractivity contribution in [1.82, 2.24) is 10.3 Å². The van der Waals surface area contributed by atoms with Crippen molar-refractivity contribution in [3.63, 3.8) is 0 Å². The molecule has 0 saturated heterocycles. The molecule has 2 aromatic carbocycles. The maximum absolute atomic E-state index is 13.5. The van der Waals surface area contributed by atoms with Gasteiger partial charge < -0.3 is 20.1 Å². The Morgan fingerprint density at radius 2 is 1.76 bits per heavy atom. The highest BCUT2D eigenvalue weighted by atomic mass is 35.5. The number of allylic oxidation sites excluding steroid dienone is 2. The van der Waals surface area contributed by atoms with Crippen LogP contribution in [0, 0.1) is 10.1 Å². The normalized spacial score (nSPS) is 16.1. The van der Waals surface area contributed by atoms with Crippen molar-refractivity contribution in [2.45, 2.75) is 71.6 Å². The zero-order valence-corrected chi connectivity index (χ0v) is 27.2. The van der Waals surface area contributed by atoms with E-state index in [-0.39, 0.29) is 30.0 Å². The molecule has 1 aromatic heterocycles. The number of nitrogens with one attached hydrogen (secondary N) is 2. The number of nitro groups is 1. The molecular weight excluding hydrogens is 608 g/mol. The van der Waals surface area contributed by atoms with Crippen LogP contribution in [0.1, 0.15) is 75.6 Å². The van der Waals surface area contributed by atoms with Crippen molar-refractivity contribution in [3.8, 4) is 0 Å². The van der Waals surface area contributed by atoms with Gasteiger partial charge in [0.15, 0.2) is 0 Å². The van der Waals surface area contributed by atoms with E-state index in [1.165, 1.54) is 17.7 Å². The molecule has 242 valence electrons. The van der Waals surface area contributed by atoms with Crippen LogP contribution in [0.25, 0.3) is 10.9 Å². The Bertz CT molecular complexity index is 1730. The summed E-state index contributed by atoms with van der Waals surface area (Å²) < 4.78 is 11.0. The van der Waals surface area contributed by atoms with E-state index in [2.05, 4.69) is 10.6 Å². The Balaban J connectivity index is 1.23. The average molecular weight is 647 g/mol. The summed E-state index contributed by atoms with van der Waals surface area (Å²) in [4.78, 5) is 42.5. The smallest absolute Gasteiger partial charge is 0.336 e. The highest BCUT2D eigenvalue weighted by Gasteiger charge is 2.38. The zero-order chi connectivity index (χ0) is 32.8. The number of ether oxygens (including phenoxy) is 2. The van der Waals surface area contributed by atoms with E-state index >= 15 is 0 Å². The Morgan fingerprint density at radius 3 is 2.50 bits per heavy atom. The molecule has 1 atom stereocenters. The number of aryl methyl sites for hydroxylation is 1. The minimum absolute atomic E-state index is 0.139. The molecule has 11 heteroatoms. The van der Waals surface area contributed by atoms with Crippen molar-refractivity contribution in [2.75, 3.05) is 25.1 Å². The molecule has 2 aliphatic rings. The molecule has 1 aliphatic heterocycles. The summed E-state index contributed by atoms with van der Waals surface area (Å²) in [6, 6.07) is 11.8. The van der Waals surface area contributed by atoms with Crippen LogP contribution >= 0.6 is 11.6 Å². The van der Waals surface area contributed by atoms with E-state index in [9.17, 15) is 19.7 Å². The van der Waals surface area contributed by atoms with Gasteiger partial charge in [-0.05, 0) is 95.0 Å². The molecular formula is C35H39ClN4O6. The number of halogens is 1. The molecule has 2 N–H and O–H groups in total. The third-order valence-electron chi connectivity index (χ3n) is 8.47. The third kappa shape index (κ3) is 7.17. The number of rotatable bonds is 12. The number of benzene rings is 2. The maximum atomic E-state index is 13.5. The molecule has 1 aliphatic carbocycles. The summed E-state index contributed by atoms with van der Waals surface area (Å²) in [7, 11) is 0. The molecule has 0 saturated carbocycles. The first kappa shape index (κ1) is 32.9. The number of aromatic nitrogens is 1. The molecule has 0 bridgehead atoms. The quantitative estimate of drug-likeness (QED) is 0.0900. The number of anilines is 1. The van der Waals surface area contributed by atoms with Gasteiger partial charge in [-0.3, -0.25) is 15.1 Å². The number of nitro benzene ring substituents is 1. The highest BCUT2D eigenvalue weighted by molar-refractivity contribution is 6.31. The van der Waals surface area contributed by atoms with E-state index in [1.807, 2.05) is 18.2 Å². The number of carbonyl (C=O) groups is 2. The molecule has 0 fully saturated rings. The molecule has 0 amide bonds. The Labute approximate surface area is 273 Å². The van der Waals surface area contributed by atoms with Gasteiger partial charge in [0.2, 0.25) is 0 Å². The first-order valence-corrected chi connectivity index (χ1v) is 16.2. The molecule has 0 spiro atoms. The number of fused-ring (bicyclic) bond motifs is 2. The molecule has 3 aromatic rings. The predicted octanol–water partition coefficient (Wildman–Crippen LogP) is 7.30. The topological polar surface area (TPSA) is 133 Å². The zero-order valence-electron chi connectivity index (χ0n) is 26.4. The van der Waals surface area contributed by atoms with Crippen molar-refractivity contribution in [1.29, 1.82) is 0 Å². The summed E-state index contributed by atoms with van der Waals surface area (Å²) in [5.41, 5.74) is 6.27. The highest BCUT2D eigenvalue weighted by Crippen LogP contribution is 2.40. The van der Waals surface area contributed by atoms with E-state index in [1.54, 1.807) is 32.9 Å². The lowest BCUT2D eigenvalue weighted by atomic mass is 9.80. The van der Waals surface area contributed by atoms with E-state index in [4.69, 9.17) is 26.1 Å². The summed E-state index contributed by atoms with van der Waals surface area (Å²) in [5.74, 6) is -2.06. The van der Waals surface area contributed by atoms with Crippen LogP contribution in [0.3, 0.4) is 0 Å². The number of carbonyl (C=O) groups excluding carboxylic acids is 2. The van der Waals surface area contributed by atoms with Crippen LogP contribution in [-0.4, -0.2) is 41.6 Å². The Kier molecular flexibility index (Phi) is 10.6. The number of pyridine rings is 1. The lowest BCUT2D eigenvalue weighted by Gasteiger charge is -2.30. The lowest BCUT2D eigenvalue weighted by Crippen LogP contribution is -2.32. The standard InChI is InChI=1S/C35H39ClN4O6/c1-4-45-34(41)30-21(2)38-22(3)31(32(30)23-11-10-12-25(19-23)40(43)44)35(42)46-18-9-5-8-17-37-33-26-13-6-7-14-28(26)39-29-20-24(36)15-16-27(29)33/h10-12,15-16,19-20,32,38H,4-9,13-14,17-18H2,1-3H3,(H,37,39). The monoisotopic (exact) mass is 646 g/mol. The average Bonchev–Trinajstić information content (AvgIpc) is 3.03. The van der Waals surface area contributed by atoms with Crippen LogP contribution in [0.4, 0.5) is 11.4 Å². The molecule has 0 radical (unpaired) electrons. The fourth-order valence-corrected chi connectivity index (χ4v) is 6.52. The van der Waals surface area contributed by atoms with Gasteiger partial charge in [-0.2, -0.15) is 0 Å². The second-order valence-electron chi connectivity index (χ2n) is 11.6. The molecule has 46 heavy (non-hydrogen) atoms. The number of non-ortho nitro benzene ring substituents is 1. The second kappa shape index (κ2) is 14.8. The van der Waals surface area contributed by atoms with Gasteiger partial charge in [0.25, 0.3) is 5.69 Å². The van der Waals surface area contributed by atoms with E-state index < -0.39 is 22.8 Å². The fraction of sp³-hybridized carbons (Fsp3) is 0.400. The largest absolute Gasteiger partial charge is 0.463 e. The number of unbranched alkanes of at least 4 members (excludes halogenated alkanes) is 2. The molecule has 1 unspecified atom stereocenters. The van der Waals surface area contributed by atoms with Gasteiger partial charge in [0.1, 0.15) is 0 Å². The van der Waals surface area contributed by atoms with Gasteiger partial charge in [0, 0.05) is 51.9 Å². The minimum Gasteiger partial charge on any atom is -0.463 e. The molecule has 2 heterocycles. The van der Waals surface area contributed by atoms with E-state index in [0.29, 0.717) is 28.4 Å². The number of nitrogens with zero attached hydrogens (tertiary/aromatic N) is 2. The van der Waals surface area contributed by atoms with Crippen LogP contribution in [0.5, 0.6) is 0 Å². The summed E-state index contributed by atoms with van der Waals surface area (Å²) in [6.07, 6.45) is 6.63. The van der Waals surface area contributed by atoms with Crippen molar-refractivity contribution in [3.05, 3.63) is 97.0 Å². The maximum Gasteiger partial charge on any atom is 0.336 e. The van der Waals surface area contributed by atoms with Crippen molar-refractivity contribution >= 4 is 45.8 Å². The van der Waals surface area contributed by atoms with Gasteiger partial charge in [-0.1, -0.05) is 23.7 Å². The Morgan fingerprint density at radius 1 is 1.02 bits per heavy atom. The summed E-state index contributed by atoms with van der Waals surface area (Å²) in [6.45, 7) is 6.24. The van der Waals surface area contributed by atoms with Crippen LogP contribution in [-0.2, 0) is 31.9 Å². The second-order valence-corrected chi connectivity index (χ2v) is 12.0. The van der Waals surface area contributed by atoms with Gasteiger partial charge in [-0.25, -0.2) is 9.59 Å². The minimum atomic E-state index is -0.882.